The average Bonchev–Trinajstić information content (AvgIpc) is 2.54. The predicted octanol–water partition coefficient (Wildman–Crippen LogP) is 0.857. The van der Waals surface area contributed by atoms with E-state index in [0.717, 1.165) is 12.6 Å². The zero-order valence-electron chi connectivity index (χ0n) is 7.25. The fraction of sp³-hybridized carbons (Fsp3) is 1.00. The maximum atomic E-state index is 4.41. The van der Waals surface area contributed by atoms with E-state index in [1.54, 1.807) is 0 Å². The topological polar surface area (TPSA) is 6.48 Å². The zero-order chi connectivity index (χ0) is 8.06. The zero-order valence-corrected chi connectivity index (χ0v) is 8.14. The maximum Gasteiger partial charge on any atom is 0.0295 e. The van der Waals surface area contributed by atoms with E-state index < -0.39 is 0 Å². The highest BCUT2D eigenvalue weighted by Crippen LogP contribution is 2.54. The molecule has 11 heavy (non-hydrogen) atoms. The van der Waals surface area contributed by atoms with Crippen LogP contribution in [-0.2, 0) is 0 Å². The van der Waals surface area contributed by atoms with Gasteiger partial charge >= 0.3 is 0 Å². The van der Waals surface area contributed by atoms with Crippen LogP contribution in [0.1, 0.15) is 12.8 Å². The van der Waals surface area contributed by atoms with Gasteiger partial charge in [0.05, 0.1) is 0 Å². The van der Waals surface area contributed by atoms with Crippen molar-refractivity contribution in [3.8, 4) is 0 Å². The van der Waals surface area contributed by atoms with Crippen LogP contribution in [0, 0.1) is 5.41 Å². The minimum absolute atomic E-state index is 0.630. The molecule has 1 spiro atoms. The number of hydrogen-bond acceptors (Lipinski definition) is 3. The van der Waals surface area contributed by atoms with Crippen LogP contribution in [0.5, 0.6) is 0 Å². The van der Waals surface area contributed by atoms with Crippen molar-refractivity contribution in [3.63, 3.8) is 0 Å². The van der Waals surface area contributed by atoms with Gasteiger partial charge < -0.3 is 4.90 Å². The monoisotopic (exact) mass is 172 g/mol. The van der Waals surface area contributed by atoms with Crippen molar-refractivity contribution in [2.75, 3.05) is 27.2 Å². The molecule has 0 bridgehead atoms. The Hall–Kier alpha value is 0.270. The summed E-state index contributed by atoms with van der Waals surface area (Å²) in [6, 6.07) is 0.750. The Balaban J connectivity index is 2.09. The molecule has 0 aromatic heterocycles. The van der Waals surface area contributed by atoms with Crippen LogP contribution in [-0.4, -0.2) is 42.4 Å². The quantitative estimate of drug-likeness (QED) is 0.586. The summed E-state index contributed by atoms with van der Waals surface area (Å²) < 4.78 is 2.16. The van der Waals surface area contributed by atoms with Crippen LogP contribution < -0.4 is 0 Å². The van der Waals surface area contributed by atoms with E-state index >= 15 is 0 Å². The molecule has 64 valence electrons. The summed E-state index contributed by atoms with van der Waals surface area (Å²) in [6.07, 6.45) is 2.82. The molecular weight excluding hydrogens is 156 g/mol. The normalized spacial score (nSPS) is 35.5. The highest BCUT2D eigenvalue weighted by molar-refractivity contribution is 7.77. The molecule has 1 aliphatic carbocycles. The van der Waals surface area contributed by atoms with Gasteiger partial charge in [-0.1, -0.05) is 12.8 Å². The van der Waals surface area contributed by atoms with E-state index in [9.17, 15) is 0 Å². The summed E-state index contributed by atoms with van der Waals surface area (Å²) in [5, 5.41) is 0. The molecule has 2 aliphatic rings. The molecule has 2 fully saturated rings. The molecule has 1 saturated carbocycles. The van der Waals surface area contributed by atoms with Gasteiger partial charge in [0, 0.05) is 24.5 Å². The molecule has 0 radical (unpaired) electrons. The van der Waals surface area contributed by atoms with Gasteiger partial charge in [0.1, 0.15) is 0 Å². The summed E-state index contributed by atoms with van der Waals surface area (Å²) in [6.45, 7) is 2.33. The molecule has 2 nitrogen and oxygen atoms in total. The second-order valence-corrected chi connectivity index (χ2v) is 4.75. The summed E-state index contributed by atoms with van der Waals surface area (Å²) in [5.41, 5.74) is 0.630. The second-order valence-electron chi connectivity index (χ2n) is 4.19. The lowest BCUT2D eigenvalue weighted by Gasteiger charge is -2.24. The third kappa shape index (κ3) is 1.19. The Labute approximate surface area is 74.1 Å². The van der Waals surface area contributed by atoms with E-state index in [4.69, 9.17) is 0 Å². The predicted molar refractivity (Wildman–Crippen MR) is 49.7 cm³/mol. The van der Waals surface area contributed by atoms with Gasteiger partial charge in [-0.2, -0.15) is 0 Å². The summed E-state index contributed by atoms with van der Waals surface area (Å²) in [5.74, 6) is 0. The second kappa shape index (κ2) is 2.38. The average molecular weight is 172 g/mol. The Bertz CT molecular complexity index is 165. The molecular formula is C8H16N2S. The van der Waals surface area contributed by atoms with Gasteiger partial charge in [-0.15, -0.1) is 0 Å². The van der Waals surface area contributed by atoms with E-state index in [1.807, 2.05) is 0 Å². The molecule has 2 rings (SSSR count). The van der Waals surface area contributed by atoms with Crippen LogP contribution in [0.3, 0.4) is 0 Å². The van der Waals surface area contributed by atoms with Gasteiger partial charge in [-0.05, 0) is 26.9 Å². The first-order chi connectivity index (χ1) is 5.14. The lowest BCUT2D eigenvalue weighted by Crippen LogP contribution is -2.35. The molecule has 3 heteroatoms. The maximum absolute atomic E-state index is 4.41. The smallest absolute Gasteiger partial charge is 0.0295 e. The van der Waals surface area contributed by atoms with Crippen molar-refractivity contribution in [3.05, 3.63) is 0 Å². The van der Waals surface area contributed by atoms with Crippen molar-refractivity contribution < 1.29 is 0 Å². The minimum Gasteiger partial charge on any atom is -0.305 e. The molecule has 1 unspecified atom stereocenters. The molecule has 0 aromatic rings. The van der Waals surface area contributed by atoms with Crippen molar-refractivity contribution in [1.29, 1.82) is 0 Å². The first-order valence-electron chi connectivity index (χ1n) is 4.24. The lowest BCUT2D eigenvalue weighted by molar-refractivity contribution is 0.240. The summed E-state index contributed by atoms with van der Waals surface area (Å²) in [4.78, 5) is 2.35. The van der Waals surface area contributed by atoms with Gasteiger partial charge in [0.2, 0.25) is 0 Å². The third-order valence-corrected chi connectivity index (χ3v) is 3.41. The van der Waals surface area contributed by atoms with Crippen LogP contribution in [0.25, 0.3) is 0 Å². The Kier molecular flexibility index (Phi) is 1.71. The fourth-order valence-corrected chi connectivity index (χ4v) is 2.73. The number of hydrogen-bond donors (Lipinski definition) is 1. The van der Waals surface area contributed by atoms with Crippen LogP contribution in [0.15, 0.2) is 0 Å². The van der Waals surface area contributed by atoms with Gasteiger partial charge in [-0.25, -0.2) is 0 Å². The third-order valence-electron chi connectivity index (χ3n) is 3.10. The Morgan fingerprint density at radius 1 is 1.45 bits per heavy atom. The first kappa shape index (κ1) is 7.90. The van der Waals surface area contributed by atoms with E-state index in [-0.39, 0.29) is 0 Å². The molecule has 1 heterocycles. The molecule has 0 amide bonds. The largest absolute Gasteiger partial charge is 0.305 e. The van der Waals surface area contributed by atoms with E-state index in [0.29, 0.717) is 5.41 Å². The lowest BCUT2D eigenvalue weighted by atomic mass is 10.0. The molecule has 1 atom stereocenters. The number of likely N-dealkylation sites (N-methyl/N-ethyl adjacent to an activating group) is 1. The fourth-order valence-electron chi connectivity index (χ4n) is 2.29. The van der Waals surface area contributed by atoms with Gasteiger partial charge in [0.25, 0.3) is 0 Å². The molecule has 1 aliphatic heterocycles. The van der Waals surface area contributed by atoms with Gasteiger partial charge in [0.15, 0.2) is 0 Å². The number of rotatable bonds is 1. The highest BCUT2D eigenvalue weighted by atomic mass is 32.1. The van der Waals surface area contributed by atoms with Gasteiger partial charge in [-0.3, -0.25) is 4.31 Å². The molecule has 1 saturated heterocycles. The summed E-state index contributed by atoms with van der Waals surface area (Å²) >= 11 is 4.41. The van der Waals surface area contributed by atoms with E-state index in [2.05, 4.69) is 36.1 Å². The first-order valence-corrected chi connectivity index (χ1v) is 4.64. The summed E-state index contributed by atoms with van der Waals surface area (Å²) in [7, 11) is 4.36. The Morgan fingerprint density at radius 3 is 2.45 bits per heavy atom. The van der Waals surface area contributed by atoms with Crippen LogP contribution in [0.2, 0.25) is 0 Å². The Morgan fingerprint density at radius 2 is 2.09 bits per heavy atom. The minimum atomic E-state index is 0.630. The number of nitrogens with zero attached hydrogens (tertiary/aromatic N) is 2. The van der Waals surface area contributed by atoms with Crippen molar-refractivity contribution in [2.24, 2.45) is 5.41 Å². The van der Waals surface area contributed by atoms with Crippen LogP contribution >= 0.6 is 12.8 Å². The highest BCUT2D eigenvalue weighted by Gasteiger charge is 2.55. The van der Waals surface area contributed by atoms with Crippen molar-refractivity contribution in [2.45, 2.75) is 18.9 Å². The molecule has 0 aromatic carbocycles. The number of thiol groups is 1. The standard InChI is InChI=1S/C8H16N2S/c1-9(2)7-5-10(11)6-8(7)3-4-8/h7,11H,3-6H2,1-2H3. The SMILES string of the molecule is CN(C)C1CN(S)CC12CC2. The van der Waals surface area contributed by atoms with Crippen molar-refractivity contribution >= 4 is 12.8 Å². The van der Waals surface area contributed by atoms with E-state index in [1.165, 1.54) is 19.4 Å². The molecule has 0 N–H and O–H groups in total. The van der Waals surface area contributed by atoms with Crippen LogP contribution in [0.4, 0.5) is 0 Å². The van der Waals surface area contributed by atoms with Crippen molar-refractivity contribution in [1.82, 2.24) is 9.21 Å².